The molecular weight excluding hydrogens is 331 g/mol. The van der Waals surface area contributed by atoms with E-state index in [0.29, 0.717) is 0 Å². The lowest BCUT2D eigenvalue weighted by atomic mass is 10.1. The first kappa shape index (κ1) is 10.2. The van der Waals surface area contributed by atoms with Crippen LogP contribution < -0.4 is 0 Å². The molecule has 0 aliphatic carbocycles. The highest BCUT2D eigenvalue weighted by Gasteiger charge is 2.09. The van der Waals surface area contributed by atoms with Crippen LogP contribution in [-0.2, 0) is 0 Å². The lowest BCUT2D eigenvalue weighted by Crippen LogP contribution is -1.97. The molecule has 0 aliphatic heterocycles. The number of carbonyl (C=O) groups excluding carboxylic acids is 1. The zero-order chi connectivity index (χ0) is 9.30. The fourth-order valence-corrected chi connectivity index (χ4v) is 2.25. The average Bonchev–Trinajstić information content (AvgIpc) is 2.00. The molecule has 0 aromatic heterocycles. The molecule has 0 bridgehead atoms. The van der Waals surface area contributed by atoms with Gasteiger partial charge in [-0.15, -0.1) is 0 Å². The van der Waals surface area contributed by atoms with E-state index in [0.717, 1.165) is 19.2 Å². The van der Waals surface area contributed by atoms with E-state index in [9.17, 15) is 4.79 Å². The quantitative estimate of drug-likeness (QED) is 0.565. The summed E-state index contributed by atoms with van der Waals surface area (Å²) in [5, 5.41) is 0. The summed E-state index contributed by atoms with van der Waals surface area (Å²) in [6, 6.07) is 3.81. The minimum atomic E-state index is 0.111. The minimum absolute atomic E-state index is 0.111. The van der Waals surface area contributed by atoms with Gasteiger partial charge in [-0.05, 0) is 57.9 Å². The Kier molecular flexibility index (Phi) is 3.29. The summed E-state index contributed by atoms with van der Waals surface area (Å²) in [5.74, 6) is 0.111. The standard InChI is InChI=1S/C9H8BrIO/c1-5-3-4-7(6(2)12)9(11)8(5)10/h3-4H,1-2H3. The molecule has 1 aromatic rings. The molecule has 12 heavy (non-hydrogen) atoms. The average molecular weight is 339 g/mol. The van der Waals surface area contributed by atoms with Crippen molar-refractivity contribution in [1.82, 2.24) is 0 Å². The molecule has 1 nitrogen and oxygen atoms in total. The number of hydrogen-bond donors (Lipinski definition) is 0. The van der Waals surface area contributed by atoms with Crippen LogP contribution in [0.5, 0.6) is 0 Å². The monoisotopic (exact) mass is 338 g/mol. The van der Waals surface area contributed by atoms with Crippen molar-refractivity contribution < 1.29 is 4.79 Å². The summed E-state index contributed by atoms with van der Waals surface area (Å²) in [6.07, 6.45) is 0. The molecule has 0 unspecified atom stereocenters. The van der Waals surface area contributed by atoms with Gasteiger partial charge < -0.3 is 0 Å². The van der Waals surface area contributed by atoms with Crippen molar-refractivity contribution >= 4 is 44.3 Å². The van der Waals surface area contributed by atoms with Crippen molar-refractivity contribution in [2.24, 2.45) is 0 Å². The first-order chi connectivity index (χ1) is 5.54. The second-order valence-corrected chi connectivity index (χ2v) is 4.49. The predicted molar refractivity (Wildman–Crippen MR) is 61.6 cm³/mol. The molecule has 0 N–H and O–H groups in total. The third-order valence-electron chi connectivity index (χ3n) is 1.65. The summed E-state index contributed by atoms with van der Waals surface area (Å²) in [4.78, 5) is 11.1. The van der Waals surface area contributed by atoms with E-state index >= 15 is 0 Å². The van der Waals surface area contributed by atoms with Gasteiger partial charge in [0.25, 0.3) is 0 Å². The maximum Gasteiger partial charge on any atom is 0.160 e. The minimum Gasteiger partial charge on any atom is -0.294 e. The second kappa shape index (κ2) is 3.87. The van der Waals surface area contributed by atoms with Gasteiger partial charge in [0.15, 0.2) is 5.78 Å². The molecule has 1 aromatic carbocycles. The molecule has 0 radical (unpaired) electrons. The normalized spacial score (nSPS) is 10.0. The number of rotatable bonds is 1. The number of aryl methyl sites for hydroxylation is 1. The van der Waals surface area contributed by atoms with Crippen molar-refractivity contribution in [3.63, 3.8) is 0 Å². The molecule has 0 saturated heterocycles. The lowest BCUT2D eigenvalue weighted by Gasteiger charge is -2.04. The molecule has 64 valence electrons. The zero-order valence-corrected chi connectivity index (χ0v) is 10.6. The van der Waals surface area contributed by atoms with Gasteiger partial charge in [0.05, 0.1) is 0 Å². The Morgan fingerprint density at radius 3 is 2.58 bits per heavy atom. The summed E-state index contributed by atoms with van der Waals surface area (Å²) in [7, 11) is 0. The molecule has 0 heterocycles. The van der Waals surface area contributed by atoms with Crippen molar-refractivity contribution in [2.45, 2.75) is 13.8 Å². The highest BCUT2D eigenvalue weighted by Crippen LogP contribution is 2.26. The van der Waals surface area contributed by atoms with Gasteiger partial charge in [0.2, 0.25) is 0 Å². The fourth-order valence-electron chi connectivity index (χ4n) is 0.918. The number of Topliss-reactive ketones (excluding diaryl/α,β-unsaturated/α-hetero) is 1. The Balaban J connectivity index is 3.36. The largest absolute Gasteiger partial charge is 0.294 e. The summed E-state index contributed by atoms with van der Waals surface area (Å²) >= 11 is 5.62. The van der Waals surface area contributed by atoms with Crippen LogP contribution in [0.3, 0.4) is 0 Å². The van der Waals surface area contributed by atoms with Crippen LogP contribution in [0.4, 0.5) is 0 Å². The van der Waals surface area contributed by atoms with Crippen LogP contribution in [0.1, 0.15) is 22.8 Å². The van der Waals surface area contributed by atoms with Crippen molar-refractivity contribution in [1.29, 1.82) is 0 Å². The third kappa shape index (κ3) is 1.88. The molecule has 0 fully saturated rings. The maximum absolute atomic E-state index is 11.1. The molecule has 0 amide bonds. The van der Waals surface area contributed by atoms with Gasteiger partial charge in [-0.3, -0.25) is 4.79 Å². The van der Waals surface area contributed by atoms with E-state index < -0.39 is 0 Å². The van der Waals surface area contributed by atoms with Gasteiger partial charge in [-0.1, -0.05) is 12.1 Å². The Hall–Kier alpha value is 0.1000. The maximum atomic E-state index is 11.1. The van der Waals surface area contributed by atoms with E-state index in [1.807, 2.05) is 19.1 Å². The van der Waals surface area contributed by atoms with E-state index in [1.54, 1.807) is 6.92 Å². The first-order valence-electron chi connectivity index (χ1n) is 3.49. The van der Waals surface area contributed by atoms with Crippen LogP contribution in [0.25, 0.3) is 0 Å². The van der Waals surface area contributed by atoms with E-state index in [2.05, 4.69) is 38.5 Å². The second-order valence-electron chi connectivity index (χ2n) is 2.61. The molecule has 3 heteroatoms. The Morgan fingerprint density at radius 1 is 1.50 bits per heavy atom. The van der Waals surface area contributed by atoms with E-state index in [-0.39, 0.29) is 5.78 Å². The molecule has 0 aliphatic rings. The Morgan fingerprint density at radius 2 is 2.08 bits per heavy atom. The molecule has 1 rings (SSSR count). The number of benzene rings is 1. The van der Waals surface area contributed by atoms with Crippen LogP contribution >= 0.6 is 38.5 Å². The highest BCUT2D eigenvalue weighted by atomic mass is 127. The third-order valence-corrected chi connectivity index (χ3v) is 4.54. The predicted octanol–water partition coefficient (Wildman–Crippen LogP) is 3.56. The summed E-state index contributed by atoms with van der Waals surface area (Å²) < 4.78 is 2.02. The first-order valence-corrected chi connectivity index (χ1v) is 5.36. The number of ketones is 1. The topological polar surface area (TPSA) is 17.1 Å². The fraction of sp³-hybridized carbons (Fsp3) is 0.222. The Bertz CT molecular complexity index is 334. The highest BCUT2D eigenvalue weighted by molar-refractivity contribution is 14.1. The van der Waals surface area contributed by atoms with Gasteiger partial charge >= 0.3 is 0 Å². The molecule has 0 atom stereocenters. The molecule has 0 spiro atoms. The van der Waals surface area contributed by atoms with Gasteiger partial charge in [0, 0.05) is 13.6 Å². The lowest BCUT2D eigenvalue weighted by molar-refractivity contribution is 0.101. The number of hydrogen-bond acceptors (Lipinski definition) is 1. The van der Waals surface area contributed by atoms with Gasteiger partial charge in [-0.2, -0.15) is 0 Å². The van der Waals surface area contributed by atoms with Crippen LogP contribution in [0.2, 0.25) is 0 Å². The Labute approximate surface area is 93.8 Å². The van der Waals surface area contributed by atoms with Crippen LogP contribution in [-0.4, -0.2) is 5.78 Å². The summed E-state index contributed by atoms with van der Waals surface area (Å²) in [5.41, 5.74) is 1.94. The summed E-state index contributed by atoms with van der Waals surface area (Å²) in [6.45, 7) is 3.59. The van der Waals surface area contributed by atoms with Crippen molar-refractivity contribution in [3.05, 3.63) is 31.3 Å². The van der Waals surface area contributed by atoms with E-state index in [4.69, 9.17) is 0 Å². The van der Waals surface area contributed by atoms with Crippen molar-refractivity contribution in [3.8, 4) is 0 Å². The molecular formula is C9H8BrIO. The van der Waals surface area contributed by atoms with Crippen LogP contribution in [0, 0.1) is 10.5 Å². The van der Waals surface area contributed by atoms with Gasteiger partial charge in [-0.25, -0.2) is 0 Å². The zero-order valence-electron chi connectivity index (χ0n) is 6.82. The number of carbonyl (C=O) groups is 1. The van der Waals surface area contributed by atoms with E-state index in [1.165, 1.54) is 0 Å². The number of halogens is 2. The SMILES string of the molecule is CC(=O)c1ccc(C)c(Br)c1I. The molecule has 0 saturated carbocycles. The van der Waals surface area contributed by atoms with Gasteiger partial charge in [0.1, 0.15) is 0 Å². The van der Waals surface area contributed by atoms with Crippen LogP contribution in [0.15, 0.2) is 16.6 Å². The smallest absolute Gasteiger partial charge is 0.160 e. The van der Waals surface area contributed by atoms with Crippen molar-refractivity contribution in [2.75, 3.05) is 0 Å².